The van der Waals surface area contributed by atoms with Crippen LogP contribution < -0.4 is 0 Å². The van der Waals surface area contributed by atoms with Crippen LogP contribution in [0.3, 0.4) is 0 Å². The highest BCUT2D eigenvalue weighted by atomic mass is 32.1. The second-order valence-corrected chi connectivity index (χ2v) is 2.62. The van der Waals surface area contributed by atoms with Gasteiger partial charge in [0, 0.05) is 0 Å². The van der Waals surface area contributed by atoms with Crippen molar-refractivity contribution in [1.29, 1.82) is 0 Å². The van der Waals surface area contributed by atoms with Gasteiger partial charge in [-0.3, -0.25) is 0 Å². The van der Waals surface area contributed by atoms with Gasteiger partial charge >= 0.3 is 0 Å². The molecule has 0 bridgehead atoms. The molecule has 0 aromatic carbocycles. The van der Waals surface area contributed by atoms with Crippen LogP contribution in [0.2, 0.25) is 0 Å². The molecule has 0 saturated heterocycles. The summed E-state index contributed by atoms with van der Waals surface area (Å²) in [6, 6.07) is 0. The third kappa shape index (κ3) is 1.00. The van der Waals surface area contributed by atoms with Crippen LogP contribution in [-0.4, -0.2) is 4.86 Å². The Hall–Kier alpha value is 0.0900. The third-order valence-corrected chi connectivity index (χ3v) is 1.78. The van der Waals surface area contributed by atoms with E-state index in [1.165, 1.54) is 17.7 Å². The summed E-state index contributed by atoms with van der Waals surface area (Å²) in [5.74, 6) is 0.826. The fraction of sp³-hybridized carbons (Fsp3) is 0.667. The van der Waals surface area contributed by atoms with Crippen molar-refractivity contribution in [2.24, 2.45) is 5.92 Å². The summed E-state index contributed by atoms with van der Waals surface area (Å²) in [5.41, 5.74) is 0. The number of hydrogen-bond acceptors (Lipinski definition) is 1. The normalized spacial score (nSPS) is 22.1. The zero-order chi connectivity index (χ0) is 5.28. The van der Waals surface area contributed by atoms with Gasteiger partial charge in [-0.25, -0.2) is 0 Å². The predicted molar refractivity (Wildman–Crippen MR) is 35.3 cm³/mol. The van der Waals surface area contributed by atoms with Gasteiger partial charge in [-0.05, 0) is 30.0 Å². The van der Waals surface area contributed by atoms with E-state index in [0.717, 1.165) is 5.92 Å². The average molecular weight is 113 g/mol. The number of thiocarbonyl (C=S) groups is 1. The summed E-state index contributed by atoms with van der Waals surface area (Å²) in [7, 11) is 0. The molecule has 1 fully saturated rings. The first-order chi connectivity index (χ1) is 3.33. The quantitative estimate of drug-likeness (QED) is 0.469. The highest BCUT2D eigenvalue weighted by Gasteiger charge is 2.20. The number of hydrogen-bond donors (Lipinski definition) is 0. The molecule has 0 amide bonds. The van der Waals surface area contributed by atoms with Crippen LogP contribution in [0.15, 0.2) is 0 Å². The number of rotatable bonds is 1. The molecule has 0 atom stereocenters. The highest BCUT2D eigenvalue weighted by molar-refractivity contribution is 7.80. The molecular weight excluding hydrogens is 104 g/mol. The van der Waals surface area contributed by atoms with Crippen molar-refractivity contribution in [3.05, 3.63) is 6.42 Å². The average Bonchev–Trinajstić information content (AvgIpc) is 1.58. The van der Waals surface area contributed by atoms with Crippen LogP contribution in [0.25, 0.3) is 0 Å². The van der Waals surface area contributed by atoms with E-state index in [-0.39, 0.29) is 0 Å². The molecule has 0 spiro atoms. The van der Waals surface area contributed by atoms with Crippen molar-refractivity contribution in [1.82, 2.24) is 0 Å². The van der Waals surface area contributed by atoms with Crippen molar-refractivity contribution in [3.8, 4) is 0 Å². The van der Waals surface area contributed by atoms with Crippen LogP contribution in [0, 0.1) is 12.3 Å². The largest absolute Gasteiger partial charge is 0.0897 e. The van der Waals surface area contributed by atoms with Gasteiger partial charge in [-0.2, -0.15) is 0 Å². The zero-order valence-corrected chi connectivity index (χ0v) is 5.29. The third-order valence-electron chi connectivity index (χ3n) is 1.45. The molecule has 0 aromatic heterocycles. The lowest BCUT2D eigenvalue weighted by Crippen LogP contribution is -2.20. The molecule has 1 rings (SSSR count). The molecule has 7 heavy (non-hydrogen) atoms. The van der Waals surface area contributed by atoms with Crippen LogP contribution >= 0.6 is 12.2 Å². The molecule has 0 heterocycles. The van der Waals surface area contributed by atoms with Crippen molar-refractivity contribution in [2.45, 2.75) is 19.8 Å². The molecule has 0 nitrogen and oxygen atoms in total. The summed E-state index contributed by atoms with van der Waals surface area (Å²) in [6.07, 6.45) is 4.58. The van der Waals surface area contributed by atoms with Gasteiger partial charge in [0.05, 0.1) is 0 Å². The van der Waals surface area contributed by atoms with Crippen LogP contribution in [0.5, 0.6) is 0 Å². The molecule has 1 saturated carbocycles. The minimum absolute atomic E-state index is 0.826. The summed E-state index contributed by atoms with van der Waals surface area (Å²) < 4.78 is 0. The lowest BCUT2D eigenvalue weighted by Gasteiger charge is -2.24. The predicted octanol–water partition coefficient (Wildman–Crippen LogP) is 1.99. The lowest BCUT2D eigenvalue weighted by molar-refractivity contribution is 0.590. The van der Waals surface area contributed by atoms with Crippen LogP contribution in [0.4, 0.5) is 0 Å². The Morgan fingerprint density at radius 1 is 1.71 bits per heavy atom. The van der Waals surface area contributed by atoms with Gasteiger partial charge in [0.15, 0.2) is 0 Å². The fourth-order valence-corrected chi connectivity index (χ4v) is 1.19. The Labute approximate surface area is 49.9 Å². The Bertz CT molecular complexity index is 78.2. The molecule has 0 N–H and O–H groups in total. The molecule has 0 aromatic rings. The monoisotopic (exact) mass is 113 g/mol. The van der Waals surface area contributed by atoms with Crippen molar-refractivity contribution >= 4 is 17.1 Å². The van der Waals surface area contributed by atoms with E-state index in [9.17, 15) is 0 Å². The molecule has 1 heteroatoms. The van der Waals surface area contributed by atoms with E-state index in [1.807, 2.05) is 0 Å². The molecule has 1 aliphatic carbocycles. The summed E-state index contributed by atoms with van der Waals surface area (Å²) >= 11 is 4.91. The first-order valence-electron chi connectivity index (χ1n) is 2.64. The van der Waals surface area contributed by atoms with Gasteiger partial charge in [-0.1, -0.05) is 19.1 Å². The fourth-order valence-electron chi connectivity index (χ4n) is 0.761. The molecule has 1 aliphatic rings. The molecule has 1 radical (unpaired) electrons. The molecule has 0 unspecified atom stereocenters. The topological polar surface area (TPSA) is 0 Å². The maximum absolute atomic E-state index is 4.91. The first kappa shape index (κ1) is 5.23. The van der Waals surface area contributed by atoms with E-state index in [2.05, 4.69) is 13.3 Å². The summed E-state index contributed by atoms with van der Waals surface area (Å²) in [5, 5.41) is 0. The minimum atomic E-state index is 0.826. The Balaban J connectivity index is 2.17. The van der Waals surface area contributed by atoms with E-state index < -0.39 is 0 Å². The van der Waals surface area contributed by atoms with Gasteiger partial charge in [0.25, 0.3) is 0 Å². The van der Waals surface area contributed by atoms with Crippen molar-refractivity contribution < 1.29 is 0 Å². The molecule has 0 aliphatic heterocycles. The van der Waals surface area contributed by atoms with Gasteiger partial charge < -0.3 is 0 Å². The Kier molecular flexibility index (Phi) is 1.43. The zero-order valence-electron chi connectivity index (χ0n) is 4.48. The second-order valence-electron chi connectivity index (χ2n) is 2.04. The minimum Gasteiger partial charge on any atom is -0.0897 e. The van der Waals surface area contributed by atoms with Crippen molar-refractivity contribution in [2.75, 3.05) is 0 Å². The van der Waals surface area contributed by atoms with Gasteiger partial charge in [0.2, 0.25) is 0 Å². The van der Waals surface area contributed by atoms with Crippen molar-refractivity contribution in [3.63, 3.8) is 0 Å². The smallest absolute Gasteiger partial charge is 0.00655 e. The maximum atomic E-state index is 4.91. The summed E-state index contributed by atoms with van der Waals surface area (Å²) in [6.45, 7) is 2.10. The maximum Gasteiger partial charge on any atom is -0.00655 e. The van der Waals surface area contributed by atoms with E-state index >= 15 is 0 Å². The van der Waals surface area contributed by atoms with Gasteiger partial charge in [0.1, 0.15) is 0 Å². The van der Waals surface area contributed by atoms with E-state index in [4.69, 9.17) is 12.2 Å². The van der Waals surface area contributed by atoms with Crippen LogP contribution in [0.1, 0.15) is 19.8 Å². The second kappa shape index (κ2) is 1.91. The Morgan fingerprint density at radius 3 is 2.43 bits per heavy atom. The van der Waals surface area contributed by atoms with E-state index in [1.54, 1.807) is 0 Å². The SMILES string of the molecule is C[CH]C1CC(=S)C1. The first-order valence-corrected chi connectivity index (χ1v) is 3.05. The standard InChI is InChI=1S/C6H9S/c1-2-5-3-6(7)4-5/h2,5H,3-4H2,1H3. The lowest BCUT2D eigenvalue weighted by atomic mass is 9.83. The molecule has 39 valence electrons. The Morgan fingerprint density at radius 2 is 2.29 bits per heavy atom. The summed E-state index contributed by atoms with van der Waals surface area (Å²) in [4.78, 5) is 1.25. The highest BCUT2D eigenvalue weighted by Crippen LogP contribution is 2.25. The van der Waals surface area contributed by atoms with Gasteiger partial charge in [-0.15, -0.1) is 0 Å². The molecular formula is C6H9S. The van der Waals surface area contributed by atoms with Crippen LogP contribution in [-0.2, 0) is 0 Å². The van der Waals surface area contributed by atoms with E-state index in [0.29, 0.717) is 0 Å².